The van der Waals surface area contributed by atoms with Crippen molar-refractivity contribution in [3.05, 3.63) is 70.8 Å². The first-order chi connectivity index (χ1) is 14.0. The number of para-hydroxylation sites is 1. The molecule has 7 heteroatoms. The molecule has 2 saturated heterocycles. The lowest BCUT2D eigenvalue weighted by atomic mass is 10.1. The van der Waals surface area contributed by atoms with Gasteiger partial charge >= 0.3 is 0 Å². The van der Waals surface area contributed by atoms with Crippen LogP contribution < -0.4 is 10.4 Å². The Kier molecular flexibility index (Phi) is 5.56. The highest BCUT2D eigenvalue weighted by Crippen LogP contribution is 2.36. The molecule has 4 rings (SSSR count). The summed E-state index contributed by atoms with van der Waals surface area (Å²) in [5.41, 5.74) is 4.51. The van der Waals surface area contributed by atoms with Gasteiger partial charge in [0.1, 0.15) is 0 Å². The number of hydroxylamine groups is 1. The Labute approximate surface area is 174 Å². The van der Waals surface area contributed by atoms with Gasteiger partial charge in [-0.05, 0) is 41.8 Å². The molecular formula is C22H22ClN3O3. The van der Waals surface area contributed by atoms with Crippen LogP contribution in [0.1, 0.15) is 17.5 Å². The number of benzene rings is 2. The van der Waals surface area contributed by atoms with Crippen LogP contribution >= 0.6 is 11.6 Å². The van der Waals surface area contributed by atoms with Crippen LogP contribution in [0.5, 0.6) is 0 Å². The highest BCUT2D eigenvalue weighted by Gasteiger charge is 2.45. The Balaban J connectivity index is 1.44. The highest BCUT2D eigenvalue weighted by atomic mass is 35.5. The molecule has 0 unspecified atom stereocenters. The van der Waals surface area contributed by atoms with Crippen LogP contribution in [-0.2, 0) is 16.0 Å². The van der Waals surface area contributed by atoms with Gasteiger partial charge in [0, 0.05) is 35.9 Å². The predicted octanol–water partition coefficient (Wildman–Crippen LogP) is 2.89. The van der Waals surface area contributed by atoms with Crippen LogP contribution in [0.25, 0.3) is 6.08 Å². The number of halogens is 1. The topological polar surface area (TPSA) is 72.9 Å². The number of fused-ring (bicyclic) bond motifs is 2. The molecular weight excluding hydrogens is 390 g/mol. The molecule has 2 fully saturated rings. The van der Waals surface area contributed by atoms with E-state index in [0.29, 0.717) is 18.0 Å². The van der Waals surface area contributed by atoms with Crippen molar-refractivity contribution in [1.82, 2.24) is 10.4 Å². The fourth-order valence-electron chi connectivity index (χ4n) is 4.24. The largest absolute Gasteiger partial charge is 0.364 e. The van der Waals surface area contributed by atoms with Crippen LogP contribution in [0.3, 0.4) is 0 Å². The van der Waals surface area contributed by atoms with E-state index in [4.69, 9.17) is 16.8 Å². The monoisotopic (exact) mass is 411 g/mol. The van der Waals surface area contributed by atoms with Gasteiger partial charge in [-0.2, -0.15) is 0 Å². The maximum atomic E-state index is 12.8. The number of amides is 2. The molecule has 2 atom stereocenters. The lowest BCUT2D eigenvalue weighted by Gasteiger charge is -2.36. The SMILES string of the molecule is O=C(C=Cc1ccccc1N1C[C@@H]2C[C@H]1CN2C(=O)Cc1ccc(Cl)cc1)NO. The van der Waals surface area contributed by atoms with Crippen LogP contribution in [0.15, 0.2) is 54.6 Å². The Morgan fingerprint density at radius 2 is 1.86 bits per heavy atom. The van der Waals surface area contributed by atoms with Gasteiger partial charge in [-0.25, -0.2) is 5.48 Å². The van der Waals surface area contributed by atoms with Crippen molar-refractivity contribution in [3.63, 3.8) is 0 Å². The van der Waals surface area contributed by atoms with Crippen molar-refractivity contribution in [1.29, 1.82) is 0 Å². The highest BCUT2D eigenvalue weighted by molar-refractivity contribution is 6.30. The quantitative estimate of drug-likeness (QED) is 0.451. The van der Waals surface area contributed by atoms with E-state index in [1.807, 2.05) is 53.4 Å². The molecule has 0 spiro atoms. The summed E-state index contributed by atoms with van der Waals surface area (Å²) in [6, 6.07) is 15.7. The molecule has 29 heavy (non-hydrogen) atoms. The van der Waals surface area contributed by atoms with Crippen LogP contribution in [-0.4, -0.2) is 47.1 Å². The summed E-state index contributed by atoms with van der Waals surface area (Å²) >= 11 is 5.92. The third-order valence-corrected chi connectivity index (χ3v) is 5.85. The summed E-state index contributed by atoms with van der Waals surface area (Å²) in [6.07, 6.45) is 4.32. The number of nitrogens with zero attached hydrogens (tertiary/aromatic N) is 2. The zero-order valence-corrected chi connectivity index (χ0v) is 16.5. The summed E-state index contributed by atoms with van der Waals surface area (Å²) in [5.74, 6) is -0.422. The summed E-state index contributed by atoms with van der Waals surface area (Å²) in [6.45, 7) is 1.47. The number of rotatable bonds is 5. The van der Waals surface area contributed by atoms with Crippen LogP contribution in [0, 0.1) is 0 Å². The van der Waals surface area contributed by atoms with Gasteiger partial charge in [0.05, 0.1) is 12.5 Å². The summed E-state index contributed by atoms with van der Waals surface area (Å²) in [7, 11) is 0. The van der Waals surface area contributed by atoms with E-state index in [-0.39, 0.29) is 18.0 Å². The van der Waals surface area contributed by atoms with Gasteiger partial charge < -0.3 is 9.80 Å². The fourth-order valence-corrected chi connectivity index (χ4v) is 4.36. The van der Waals surface area contributed by atoms with E-state index in [2.05, 4.69) is 4.90 Å². The van der Waals surface area contributed by atoms with E-state index < -0.39 is 5.91 Å². The number of likely N-dealkylation sites (tertiary alicyclic amines) is 1. The fraction of sp³-hybridized carbons (Fsp3) is 0.273. The first-order valence-electron chi connectivity index (χ1n) is 9.57. The number of piperazine rings is 1. The molecule has 2 heterocycles. The van der Waals surface area contributed by atoms with Gasteiger partial charge in [0.15, 0.2) is 0 Å². The molecule has 6 nitrogen and oxygen atoms in total. The Morgan fingerprint density at radius 3 is 2.55 bits per heavy atom. The molecule has 2 aliphatic rings. The van der Waals surface area contributed by atoms with Crippen molar-refractivity contribution >= 4 is 35.2 Å². The summed E-state index contributed by atoms with van der Waals surface area (Å²) in [4.78, 5) is 28.4. The van der Waals surface area contributed by atoms with Gasteiger partial charge in [0.25, 0.3) is 5.91 Å². The second-order valence-corrected chi connectivity index (χ2v) is 7.85. The normalized spacial score (nSPS) is 20.5. The van der Waals surface area contributed by atoms with Gasteiger partial charge in [-0.1, -0.05) is 41.9 Å². The molecule has 0 aromatic heterocycles. The Bertz CT molecular complexity index is 945. The number of hydrogen-bond donors (Lipinski definition) is 2. The zero-order valence-electron chi connectivity index (χ0n) is 15.8. The van der Waals surface area contributed by atoms with Crippen molar-refractivity contribution in [2.45, 2.75) is 24.9 Å². The molecule has 0 radical (unpaired) electrons. The third kappa shape index (κ3) is 4.13. The molecule has 2 aliphatic heterocycles. The number of hydrogen-bond acceptors (Lipinski definition) is 4. The van der Waals surface area contributed by atoms with E-state index in [1.165, 1.54) is 6.08 Å². The molecule has 0 saturated carbocycles. The maximum absolute atomic E-state index is 12.8. The smallest absolute Gasteiger partial charge is 0.267 e. The molecule has 150 valence electrons. The van der Waals surface area contributed by atoms with Crippen molar-refractivity contribution in [2.75, 3.05) is 18.0 Å². The van der Waals surface area contributed by atoms with Gasteiger partial charge in [0.2, 0.25) is 5.91 Å². The van der Waals surface area contributed by atoms with E-state index >= 15 is 0 Å². The minimum Gasteiger partial charge on any atom is -0.364 e. The average molecular weight is 412 g/mol. The van der Waals surface area contributed by atoms with E-state index in [9.17, 15) is 9.59 Å². The van der Waals surface area contributed by atoms with Crippen molar-refractivity contribution in [2.24, 2.45) is 0 Å². The number of carbonyl (C=O) groups excluding carboxylic acids is 2. The lowest BCUT2D eigenvalue weighted by molar-refractivity contribution is -0.131. The standard InChI is InChI=1S/C22H22ClN3O3/c23-17-8-5-15(6-9-17)11-22(28)26-14-18-12-19(26)13-25(18)20-4-2-1-3-16(20)7-10-21(27)24-29/h1-10,18-19,29H,11-14H2,(H,24,27)/t18-,19-/m0/s1. The maximum Gasteiger partial charge on any atom is 0.267 e. The number of carbonyl (C=O) groups is 2. The molecule has 2 bridgehead atoms. The molecule has 2 aromatic carbocycles. The minimum absolute atomic E-state index is 0.146. The first kappa shape index (κ1) is 19.5. The van der Waals surface area contributed by atoms with E-state index in [1.54, 1.807) is 11.6 Å². The average Bonchev–Trinajstić information content (AvgIpc) is 3.35. The lowest BCUT2D eigenvalue weighted by Crippen LogP contribution is -2.49. The third-order valence-electron chi connectivity index (χ3n) is 5.60. The van der Waals surface area contributed by atoms with E-state index in [0.717, 1.165) is 29.8 Å². The summed E-state index contributed by atoms with van der Waals surface area (Å²) < 4.78 is 0. The molecule has 2 aromatic rings. The minimum atomic E-state index is -0.568. The summed E-state index contributed by atoms with van der Waals surface area (Å²) in [5, 5.41) is 9.34. The molecule has 2 amide bonds. The second-order valence-electron chi connectivity index (χ2n) is 7.41. The second kappa shape index (κ2) is 8.27. The van der Waals surface area contributed by atoms with Crippen LogP contribution in [0.4, 0.5) is 5.69 Å². The van der Waals surface area contributed by atoms with Gasteiger partial charge in [-0.15, -0.1) is 0 Å². The number of nitrogens with one attached hydrogen (secondary N) is 1. The van der Waals surface area contributed by atoms with Crippen molar-refractivity contribution < 1.29 is 14.8 Å². The first-order valence-corrected chi connectivity index (χ1v) is 9.94. The van der Waals surface area contributed by atoms with Gasteiger partial charge in [-0.3, -0.25) is 14.8 Å². The molecule has 0 aliphatic carbocycles. The zero-order chi connectivity index (χ0) is 20.4. The number of anilines is 1. The van der Waals surface area contributed by atoms with Crippen molar-refractivity contribution in [3.8, 4) is 0 Å². The predicted molar refractivity (Wildman–Crippen MR) is 112 cm³/mol. The Morgan fingerprint density at radius 1 is 1.10 bits per heavy atom. The molecule has 2 N–H and O–H groups in total. The van der Waals surface area contributed by atoms with Crippen LogP contribution in [0.2, 0.25) is 5.02 Å². The Hall–Kier alpha value is -2.83.